The van der Waals surface area contributed by atoms with E-state index in [0.717, 1.165) is 17.0 Å². The molecule has 2 unspecified atom stereocenters. The van der Waals surface area contributed by atoms with Gasteiger partial charge < -0.3 is 19.7 Å². The van der Waals surface area contributed by atoms with E-state index in [1.54, 1.807) is 26.9 Å². The maximum absolute atomic E-state index is 12.9. The number of pyridine rings is 1. The summed E-state index contributed by atoms with van der Waals surface area (Å²) in [7, 11) is 3.62. The summed E-state index contributed by atoms with van der Waals surface area (Å²) in [4.78, 5) is 42.5. The molecule has 1 saturated heterocycles. The monoisotopic (exact) mass is 414 g/mol. The van der Waals surface area contributed by atoms with Crippen LogP contribution in [0.5, 0.6) is 0 Å². The summed E-state index contributed by atoms with van der Waals surface area (Å²) in [6, 6.07) is 7.60. The molecule has 7 nitrogen and oxygen atoms in total. The summed E-state index contributed by atoms with van der Waals surface area (Å²) in [5.41, 5.74) is 1.14. The van der Waals surface area contributed by atoms with Crippen LogP contribution in [0.25, 0.3) is 0 Å². The van der Waals surface area contributed by atoms with Crippen LogP contribution in [-0.4, -0.2) is 59.9 Å². The fraction of sp³-hybridized carbons (Fsp3) is 0.476. The number of carbonyl (C=O) groups excluding carboxylic acids is 2. The molecule has 2 aliphatic heterocycles. The number of amides is 2. The van der Waals surface area contributed by atoms with Crippen LogP contribution in [0.4, 0.5) is 5.69 Å². The first-order valence-electron chi connectivity index (χ1n) is 9.89. The molecule has 4 heterocycles. The van der Waals surface area contributed by atoms with Crippen molar-refractivity contribution in [3.8, 4) is 0 Å². The number of carbonyl (C=O) groups is 2. The standard InChI is InChI=1S/C21H26N4O3S/c1-23(2)13-19(26)22-17-5-6-18-15-8-14(11-25(18)21(17)28)10-24(12-15)20(27)9-16-4-3-7-29-16/h3-7,14-15H,8-13H2,1-2H3,(H,22,26). The first kappa shape index (κ1) is 19.8. The van der Waals surface area contributed by atoms with Crippen LogP contribution in [-0.2, 0) is 22.6 Å². The number of nitrogens with zero attached hydrogens (tertiary/aromatic N) is 3. The Hall–Kier alpha value is -2.45. The van der Waals surface area contributed by atoms with E-state index >= 15 is 0 Å². The molecule has 2 bridgehead atoms. The molecular formula is C21H26N4O3S. The quantitative estimate of drug-likeness (QED) is 0.807. The Bertz CT molecular complexity index is 967. The zero-order valence-electron chi connectivity index (χ0n) is 16.8. The zero-order chi connectivity index (χ0) is 20.5. The molecule has 2 aliphatic rings. The molecule has 2 aromatic heterocycles. The predicted molar refractivity (Wildman–Crippen MR) is 113 cm³/mol. The van der Waals surface area contributed by atoms with E-state index in [0.29, 0.717) is 31.7 Å². The van der Waals surface area contributed by atoms with Crippen LogP contribution >= 0.6 is 11.3 Å². The van der Waals surface area contributed by atoms with E-state index in [1.807, 2.05) is 42.6 Å². The Morgan fingerprint density at radius 2 is 2.03 bits per heavy atom. The molecule has 1 fully saturated rings. The third kappa shape index (κ3) is 4.28. The molecule has 2 aromatic rings. The maximum Gasteiger partial charge on any atom is 0.274 e. The molecule has 0 aromatic carbocycles. The topological polar surface area (TPSA) is 74.7 Å². The van der Waals surface area contributed by atoms with Crippen molar-refractivity contribution in [2.45, 2.75) is 25.3 Å². The Balaban J connectivity index is 1.51. The summed E-state index contributed by atoms with van der Waals surface area (Å²) in [6.45, 7) is 2.15. The average Bonchev–Trinajstić information content (AvgIpc) is 3.16. The van der Waals surface area contributed by atoms with Gasteiger partial charge in [0.1, 0.15) is 5.69 Å². The lowest BCUT2D eigenvalue weighted by Crippen LogP contribution is -2.49. The molecule has 0 spiro atoms. The van der Waals surface area contributed by atoms with Crippen molar-refractivity contribution in [3.05, 3.63) is 50.6 Å². The van der Waals surface area contributed by atoms with E-state index in [2.05, 4.69) is 5.32 Å². The summed E-state index contributed by atoms with van der Waals surface area (Å²) in [6.07, 6.45) is 1.44. The third-order valence-electron chi connectivity index (χ3n) is 5.60. The van der Waals surface area contributed by atoms with Gasteiger partial charge in [-0.1, -0.05) is 6.07 Å². The van der Waals surface area contributed by atoms with Crippen LogP contribution in [0, 0.1) is 5.92 Å². The molecular weight excluding hydrogens is 388 g/mol. The molecule has 2 amide bonds. The molecule has 2 atom stereocenters. The zero-order valence-corrected chi connectivity index (χ0v) is 17.6. The lowest BCUT2D eigenvalue weighted by atomic mass is 9.83. The van der Waals surface area contributed by atoms with Crippen LogP contribution < -0.4 is 10.9 Å². The molecule has 0 aliphatic carbocycles. The number of hydrogen-bond acceptors (Lipinski definition) is 5. The first-order chi connectivity index (χ1) is 13.9. The van der Waals surface area contributed by atoms with Gasteiger partial charge in [0.15, 0.2) is 0 Å². The second-order valence-electron chi connectivity index (χ2n) is 8.23. The van der Waals surface area contributed by atoms with E-state index in [9.17, 15) is 14.4 Å². The molecule has 8 heteroatoms. The molecule has 0 radical (unpaired) electrons. The van der Waals surface area contributed by atoms with Crippen molar-refractivity contribution in [1.82, 2.24) is 14.4 Å². The fourth-order valence-electron chi connectivity index (χ4n) is 4.40. The smallest absolute Gasteiger partial charge is 0.274 e. The second-order valence-corrected chi connectivity index (χ2v) is 9.26. The van der Waals surface area contributed by atoms with E-state index in [-0.39, 0.29) is 35.8 Å². The number of thiophene rings is 1. The van der Waals surface area contributed by atoms with Gasteiger partial charge >= 0.3 is 0 Å². The number of likely N-dealkylation sites (N-methyl/N-ethyl adjacent to an activating group) is 1. The van der Waals surface area contributed by atoms with Gasteiger partial charge in [-0.15, -0.1) is 11.3 Å². The number of fused-ring (bicyclic) bond motifs is 4. The molecule has 29 heavy (non-hydrogen) atoms. The minimum atomic E-state index is -0.200. The molecule has 154 valence electrons. The van der Waals surface area contributed by atoms with E-state index < -0.39 is 0 Å². The summed E-state index contributed by atoms with van der Waals surface area (Å²) >= 11 is 1.61. The van der Waals surface area contributed by atoms with E-state index in [4.69, 9.17) is 0 Å². The third-order valence-corrected chi connectivity index (χ3v) is 6.47. The van der Waals surface area contributed by atoms with Crippen LogP contribution in [0.15, 0.2) is 34.4 Å². The lowest BCUT2D eigenvalue weighted by molar-refractivity contribution is -0.133. The molecule has 0 saturated carbocycles. The normalized spacial score (nSPS) is 20.4. The summed E-state index contributed by atoms with van der Waals surface area (Å²) in [5.74, 6) is 0.382. The van der Waals surface area contributed by atoms with Gasteiger partial charge in [0.2, 0.25) is 11.8 Å². The Kier molecular flexibility index (Phi) is 5.56. The highest BCUT2D eigenvalue weighted by molar-refractivity contribution is 7.10. The Morgan fingerprint density at radius 1 is 1.21 bits per heavy atom. The Morgan fingerprint density at radius 3 is 2.76 bits per heavy atom. The fourth-order valence-corrected chi connectivity index (χ4v) is 5.09. The van der Waals surface area contributed by atoms with Gasteiger partial charge in [0.25, 0.3) is 5.56 Å². The van der Waals surface area contributed by atoms with Crippen molar-refractivity contribution in [1.29, 1.82) is 0 Å². The lowest BCUT2D eigenvalue weighted by Gasteiger charge is -2.43. The number of piperidine rings is 1. The molecule has 4 rings (SSSR count). The highest BCUT2D eigenvalue weighted by Gasteiger charge is 2.36. The van der Waals surface area contributed by atoms with Gasteiger partial charge in [-0.2, -0.15) is 0 Å². The van der Waals surface area contributed by atoms with Crippen molar-refractivity contribution in [2.75, 3.05) is 39.0 Å². The van der Waals surface area contributed by atoms with Gasteiger partial charge in [0.05, 0.1) is 13.0 Å². The molecule has 1 N–H and O–H groups in total. The number of likely N-dealkylation sites (tertiary alicyclic amines) is 1. The summed E-state index contributed by atoms with van der Waals surface area (Å²) < 4.78 is 1.80. The summed E-state index contributed by atoms with van der Waals surface area (Å²) in [5, 5.41) is 4.72. The minimum absolute atomic E-state index is 0.150. The van der Waals surface area contributed by atoms with Gasteiger partial charge in [-0.3, -0.25) is 14.4 Å². The largest absolute Gasteiger partial charge is 0.341 e. The highest BCUT2D eigenvalue weighted by atomic mass is 32.1. The van der Waals surface area contributed by atoms with Gasteiger partial charge in [0, 0.05) is 36.1 Å². The highest BCUT2D eigenvalue weighted by Crippen LogP contribution is 2.35. The second kappa shape index (κ2) is 8.12. The van der Waals surface area contributed by atoms with E-state index in [1.165, 1.54) is 0 Å². The number of nitrogens with one attached hydrogen (secondary N) is 1. The van der Waals surface area contributed by atoms with Gasteiger partial charge in [-0.05, 0) is 50.0 Å². The maximum atomic E-state index is 12.9. The van der Waals surface area contributed by atoms with Crippen LogP contribution in [0.3, 0.4) is 0 Å². The van der Waals surface area contributed by atoms with Crippen LogP contribution in [0.2, 0.25) is 0 Å². The van der Waals surface area contributed by atoms with Crippen molar-refractivity contribution in [2.24, 2.45) is 5.92 Å². The van der Waals surface area contributed by atoms with Crippen molar-refractivity contribution in [3.63, 3.8) is 0 Å². The van der Waals surface area contributed by atoms with Crippen LogP contribution in [0.1, 0.15) is 22.9 Å². The van der Waals surface area contributed by atoms with Crippen molar-refractivity contribution < 1.29 is 9.59 Å². The van der Waals surface area contributed by atoms with Gasteiger partial charge in [-0.25, -0.2) is 0 Å². The first-order valence-corrected chi connectivity index (χ1v) is 10.8. The number of anilines is 1. The average molecular weight is 415 g/mol. The number of aromatic nitrogens is 1. The Labute approximate surface area is 173 Å². The van der Waals surface area contributed by atoms with Crippen molar-refractivity contribution >= 4 is 28.8 Å². The number of rotatable bonds is 5. The minimum Gasteiger partial charge on any atom is -0.341 e. The predicted octanol–water partition coefficient (Wildman–Crippen LogP) is 1.60. The number of hydrogen-bond donors (Lipinski definition) is 1. The SMILES string of the molecule is CN(C)CC(=O)Nc1ccc2n(c1=O)CC1CC2CN(C(=O)Cc2cccs2)C1.